The molecule has 0 heterocycles. The van der Waals surface area contributed by atoms with Crippen LogP contribution in [0.1, 0.15) is 18.9 Å². The van der Waals surface area contributed by atoms with Crippen LogP contribution in [0.25, 0.3) is 0 Å². The molecule has 160 valence electrons. The molecule has 0 saturated carbocycles. The van der Waals surface area contributed by atoms with Crippen molar-refractivity contribution in [1.29, 1.82) is 0 Å². The van der Waals surface area contributed by atoms with Crippen molar-refractivity contribution in [2.75, 3.05) is 17.7 Å². The summed E-state index contributed by atoms with van der Waals surface area (Å²) in [5.41, 5.74) is 2.41. The van der Waals surface area contributed by atoms with Crippen molar-refractivity contribution in [3.05, 3.63) is 84.4 Å². The Labute approximate surface area is 182 Å². The summed E-state index contributed by atoms with van der Waals surface area (Å²) in [6.07, 6.45) is 0.374. The predicted octanol–water partition coefficient (Wildman–Crippen LogP) is 4.67. The number of benzene rings is 3. The third kappa shape index (κ3) is 6.60. The third-order valence-corrected chi connectivity index (χ3v) is 4.66. The van der Waals surface area contributed by atoms with Crippen LogP contribution in [-0.4, -0.2) is 25.0 Å². The molecule has 0 saturated heterocycles. The number of hydrogen-bond acceptors (Lipinski definition) is 4. The number of aryl methyl sites for hydroxylation is 1. The quantitative estimate of drug-likeness (QED) is 0.529. The molecule has 2 N–H and O–H groups in total. The zero-order valence-electron chi connectivity index (χ0n) is 17.6. The average molecular weight is 418 g/mol. The van der Waals surface area contributed by atoms with Gasteiger partial charge in [0.05, 0.1) is 7.11 Å². The molecule has 2 amide bonds. The van der Waals surface area contributed by atoms with Crippen LogP contribution < -0.4 is 20.1 Å². The maximum atomic E-state index is 12.5. The number of hydrogen-bond donors (Lipinski definition) is 2. The predicted molar refractivity (Wildman–Crippen MR) is 122 cm³/mol. The van der Waals surface area contributed by atoms with Crippen molar-refractivity contribution in [2.45, 2.75) is 25.9 Å². The number of amides is 2. The monoisotopic (exact) mass is 418 g/mol. The van der Waals surface area contributed by atoms with Crippen LogP contribution in [-0.2, 0) is 16.0 Å². The first-order valence-electron chi connectivity index (χ1n) is 10.1. The minimum Gasteiger partial charge on any atom is -0.493 e. The van der Waals surface area contributed by atoms with Gasteiger partial charge < -0.3 is 20.1 Å². The highest BCUT2D eigenvalue weighted by molar-refractivity contribution is 5.95. The number of ether oxygens (including phenoxy) is 2. The molecule has 3 aromatic rings. The van der Waals surface area contributed by atoms with Crippen molar-refractivity contribution in [3.63, 3.8) is 0 Å². The van der Waals surface area contributed by atoms with Gasteiger partial charge >= 0.3 is 0 Å². The van der Waals surface area contributed by atoms with E-state index in [9.17, 15) is 9.59 Å². The molecule has 0 aliphatic heterocycles. The van der Waals surface area contributed by atoms with Crippen molar-refractivity contribution in [3.8, 4) is 11.5 Å². The molecule has 0 aliphatic rings. The van der Waals surface area contributed by atoms with Crippen molar-refractivity contribution >= 4 is 23.2 Å². The molecule has 3 aromatic carbocycles. The van der Waals surface area contributed by atoms with Crippen LogP contribution in [0.5, 0.6) is 11.5 Å². The third-order valence-electron chi connectivity index (χ3n) is 4.66. The summed E-state index contributed by atoms with van der Waals surface area (Å²) in [5, 5.41) is 5.68. The average Bonchev–Trinajstić information content (AvgIpc) is 2.80. The smallest absolute Gasteiger partial charge is 0.265 e. The molecule has 0 spiro atoms. The molecule has 0 unspecified atom stereocenters. The minimum absolute atomic E-state index is 0.0560. The van der Waals surface area contributed by atoms with Crippen LogP contribution in [0.4, 0.5) is 11.4 Å². The molecule has 0 radical (unpaired) electrons. The molecule has 0 aromatic heterocycles. The summed E-state index contributed by atoms with van der Waals surface area (Å²) in [6, 6.07) is 24.0. The van der Waals surface area contributed by atoms with Gasteiger partial charge in [-0.15, -0.1) is 0 Å². The summed E-state index contributed by atoms with van der Waals surface area (Å²) in [4.78, 5) is 24.6. The van der Waals surface area contributed by atoms with Crippen LogP contribution in [0, 0.1) is 0 Å². The van der Waals surface area contributed by atoms with E-state index < -0.39 is 6.10 Å². The normalized spacial score (nSPS) is 11.3. The summed E-state index contributed by atoms with van der Waals surface area (Å²) in [7, 11) is 1.55. The number of nitrogens with one attached hydrogen (secondary N) is 2. The zero-order chi connectivity index (χ0) is 22.1. The second-order valence-corrected chi connectivity index (χ2v) is 7.01. The second kappa shape index (κ2) is 10.8. The molecule has 3 rings (SSSR count). The second-order valence-electron chi connectivity index (χ2n) is 7.01. The van der Waals surface area contributed by atoms with Gasteiger partial charge in [0.25, 0.3) is 5.91 Å². The van der Waals surface area contributed by atoms with E-state index in [0.717, 1.165) is 5.56 Å². The Morgan fingerprint density at radius 1 is 0.806 bits per heavy atom. The first-order valence-corrected chi connectivity index (χ1v) is 10.1. The van der Waals surface area contributed by atoms with E-state index in [1.807, 2.05) is 42.5 Å². The van der Waals surface area contributed by atoms with Gasteiger partial charge in [0.15, 0.2) is 17.6 Å². The summed E-state index contributed by atoms with van der Waals surface area (Å²) in [5.74, 6) is 0.723. The number of carbonyl (C=O) groups excluding carboxylic acids is 2. The Bertz CT molecular complexity index is 1000. The topological polar surface area (TPSA) is 76.7 Å². The van der Waals surface area contributed by atoms with E-state index in [1.54, 1.807) is 50.4 Å². The van der Waals surface area contributed by atoms with Gasteiger partial charge in [-0.2, -0.15) is 0 Å². The molecule has 1 atom stereocenters. The molecular formula is C25H26N2O4. The van der Waals surface area contributed by atoms with Crippen molar-refractivity contribution in [1.82, 2.24) is 0 Å². The van der Waals surface area contributed by atoms with E-state index in [1.165, 1.54) is 0 Å². The Morgan fingerprint density at radius 3 is 2.03 bits per heavy atom. The lowest BCUT2D eigenvalue weighted by Crippen LogP contribution is -2.30. The van der Waals surface area contributed by atoms with Gasteiger partial charge in [0.2, 0.25) is 5.91 Å². The first kappa shape index (κ1) is 21.9. The van der Waals surface area contributed by atoms with Crippen LogP contribution in [0.15, 0.2) is 78.9 Å². The summed E-state index contributed by atoms with van der Waals surface area (Å²) >= 11 is 0. The molecule has 6 nitrogen and oxygen atoms in total. The molecule has 0 aliphatic carbocycles. The van der Waals surface area contributed by atoms with Crippen LogP contribution in [0.3, 0.4) is 0 Å². The number of carbonyl (C=O) groups is 2. The van der Waals surface area contributed by atoms with E-state index in [-0.39, 0.29) is 11.8 Å². The van der Waals surface area contributed by atoms with Crippen molar-refractivity contribution < 1.29 is 19.1 Å². The van der Waals surface area contributed by atoms with Crippen LogP contribution in [0.2, 0.25) is 0 Å². The summed E-state index contributed by atoms with van der Waals surface area (Å²) in [6.45, 7) is 1.67. The first-order chi connectivity index (χ1) is 15.0. The highest BCUT2D eigenvalue weighted by atomic mass is 16.5. The van der Waals surface area contributed by atoms with Gasteiger partial charge in [-0.1, -0.05) is 42.5 Å². The molecule has 31 heavy (non-hydrogen) atoms. The highest BCUT2D eigenvalue weighted by Gasteiger charge is 2.17. The SMILES string of the molecule is COc1ccccc1O[C@@H](C)C(=O)Nc1ccc(NC(=O)CCc2ccccc2)cc1. The Kier molecular flexibility index (Phi) is 7.65. The summed E-state index contributed by atoms with van der Waals surface area (Å²) < 4.78 is 11.0. The van der Waals surface area contributed by atoms with Gasteiger partial charge in [-0.25, -0.2) is 0 Å². The minimum atomic E-state index is -0.714. The van der Waals surface area contributed by atoms with Gasteiger partial charge in [0.1, 0.15) is 0 Å². The van der Waals surface area contributed by atoms with Gasteiger partial charge in [0, 0.05) is 17.8 Å². The molecular weight excluding hydrogens is 392 g/mol. The molecule has 6 heteroatoms. The lowest BCUT2D eigenvalue weighted by molar-refractivity contribution is -0.122. The Hall–Kier alpha value is -3.80. The molecule has 0 fully saturated rings. The van der Waals surface area contributed by atoms with E-state index in [2.05, 4.69) is 10.6 Å². The number of methoxy groups -OCH3 is 1. The maximum Gasteiger partial charge on any atom is 0.265 e. The van der Waals surface area contributed by atoms with Gasteiger partial charge in [-0.05, 0) is 55.3 Å². The number of para-hydroxylation sites is 2. The number of rotatable bonds is 9. The van der Waals surface area contributed by atoms with Crippen molar-refractivity contribution in [2.24, 2.45) is 0 Å². The fourth-order valence-corrected chi connectivity index (χ4v) is 2.97. The van der Waals surface area contributed by atoms with Crippen LogP contribution >= 0.6 is 0 Å². The lowest BCUT2D eigenvalue weighted by atomic mass is 10.1. The lowest BCUT2D eigenvalue weighted by Gasteiger charge is -2.16. The standard InChI is InChI=1S/C25H26N2O4/c1-18(31-23-11-7-6-10-22(23)30-2)25(29)27-21-15-13-20(14-16-21)26-24(28)17-12-19-8-4-3-5-9-19/h3-11,13-16,18H,12,17H2,1-2H3,(H,26,28)(H,27,29)/t18-/m0/s1. The van der Waals surface area contributed by atoms with E-state index in [0.29, 0.717) is 35.7 Å². The fraction of sp³-hybridized carbons (Fsp3) is 0.200. The Morgan fingerprint density at radius 2 is 1.39 bits per heavy atom. The largest absolute Gasteiger partial charge is 0.493 e. The van der Waals surface area contributed by atoms with E-state index in [4.69, 9.17) is 9.47 Å². The zero-order valence-corrected chi connectivity index (χ0v) is 17.6. The van der Waals surface area contributed by atoms with Gasteiger partial charge in [-0.3, -0.25) is 9.59 Å². The molecule has 0 bridgehead atoms. The van der Waals surface area contributed by atoms with E-state index >= 15 is 0 Å². The number of anilines is 2. The highest BCUT2D eigenvalue weighted by Crippen LogP contribution is 2.27. The maximum absolute atomic E-state index is 12.5. The Balaban J connectivity index is 1.49. The fourth-order valence-electron chi connectivity index (χ4n) is 2.97.